The van der Waals surface area contributed by atoms with Gasteiger partial charge in [0.05, 0.1) is 21.1 Å². The number of likely N-dealkylation sites (tertiary alicyclic amines) is 1. The van der Waals surface area contributed by atoms with Gasteiger partial charge in [-0.1, -0.05) is 59.6 Å². The van der Waals surface area contributed by atoms with Crippen LogP contribution in [0.2, 0.25) is 10.0 Å². The molecular weight excluding hydrogens is 769 g/mol. The molecule has 0 saturated carbocycles. The van der Waals surface area contributed by atoms with Crippen molar-refractivity contribution in [1.29, 1.82) is 0 Å². The molecule has 298 valence electrons. The van der Waals surface area contributed by atoms with E-state index in [1.807, 2.05) is 37.3 Å². The van der Waals surface area contributed by atoms with Crippen molar-refractivity contribution < 1.29 is 46.6 Å². The van der Waals surface area contributed by atoms with Gasteiger partial charge in [-0.3, -0.25) is 14.5 Å². The number of carbonyl (C=O) groups is 4. The number of nitrogens with zero attached hydrogens (tertiary/aromatic N) is 2. The predicted molar refractivity (Wildman–Crippen MR) is 200 cm³/mol. The number of piperidine rings is 1. The molecule has 1 fully saturated rings. The first-order chi connectivity index (χ1) is 25.9. The summed E-state index contributed by atoms with van der Waals surface area (Å²) < 4.78 is 52.0. The molecule has 2 heterocycles. The molecule has 3 aromatic carbocycles. The van der Waals surface area contributed by atoms with Gasteiger partial charge in [0.25, 0.3) is 0 Å². The molecule has 3 aromatic rings. The molecule has 3 amide bonds. The number of ether oxygens (including phenoxy) is 1. The van der Waals surface area contributed by atoms with E-state index in [1.165, 1.54) is 17.0 Å². The van der Waals surface area contributed by atoms with Gasteiger partial charge < -0.3 is 31.1 Å². The third-order valence-electron chi connectivity index (χ3n) is 9.83. The first-order valence-electron chi connectivity index (χ1n) is 17.5. The van der Waals surface area contributed by atoms with E-state index in [0.717, 1.165) is 5.56 Å². The number of fused-ring (bicyclic) bond motifs is 2. The Hall–Kier alpha value is -4.44. The zero-order valence-corrected chi connectivity index (χ0v) is 31.7. The average molecular weight is 813 g/mol. The lowest BCUT2D eigenvalue weighted by atomic mass is 9.77. The molecule has 0 unspecified atom stereocenters. The van der Waals surface area contributed by atoms with Crippen LogP contribution in [0.25, 0.3) is 0 Å². The highest BCUT2D eigenvalue weighted by atomic mass is 35.5. The molecule has 2 aliphatic heterocycles. The third-order valence-corrected chi connectivity index (χ3v) is 10.6. The fourth-order valence-corrected chi connectivity index (χ4v) is 6.94. The predicted octanol–water partition coefficient (Wildman–Crippen LogP) is 6.18. The van der Waals surface area contributed by atoms with Crippen molar-refractivity contribution in [1.82, 2.24) is 15.5 Å². The molecule has 5 N–H and O–H groups in total. The van der Waals surface area contributed by atoms with Crippen molar-refractivity contribution in [2.75, 3.05) is 44.7 Å². The van der Waals surface area contributed by atoms with Crippen molar-refractivity contribution in [3.05, 3.63) is 99.3 Å². The van der Waals surface area contributed by atoms with Crippen LogP contribution in [-0.4, -0.2) is 85.9 Å². The van der Waals surface area contributed by atoms with Crippen LogP contribution in [0.4, 0.5) is 28.0 Å². The van der Waals surface area contributed by atoms with Gasteiger partial charge in [-0.05, 0) is 67.8 Å². The Bertz CT molecular complexity index is 1850. The van der Waals surface area contributed by atoms with Crippen molar-refractivity contribution >= 4 is 52.8 Å². The van der Waals surface area contributed by atoms with E-state index >= 15 is 0 Å². The largest absolute Gasteiger partial charge is 0.490 e. The van der Waals surface area contributed by atoms with Crippen LogP contribution in [0.15, 0.2) is 66.7 Å². The summed E-state index contributed by atoms with van der Waals surface area (Å²) in [6.07, 6.45) is -3.08. The summed E-state index contributed by atoms with van der Waals surface area (Å²) in [5.74, 6) is -3.75. The Labute approximate surface area is 326 Å². The van der Waals surface area contributed by atoms with E-state index in [9.17, 15) is 31.9 Å². The lowest BCUT2D eigenvalue weighted by molar-refractivity contribution is -0.192. The van der Waals surface area contributed by atoms with Crippen LogP contribution in [0.3, 0.4) is 0 Å². The molecule has 17 heteroatoms. The van der Waals surface area contributed by atoms with E-state index in [1.54, 1.807) is 31.3 Å². The molecular formula is C38H43Cl2F4N5O6. The summed E-state index contributed by atoms with van der Waals surface area (Å²) >= 11 is 12.7. The second-order valence-electron chi connectivity index (χ2n) is 13.6. The third kappa shape index (κ3) is 10.9. The molecule has 5 rings (SSSR count). The molecule has 0 aliphatic carbocycles. The number of amides is 3. The monoisotopic (exact) mass is 811 g/mol. The normalized spacial score (nSPS) is 16.8. The van der Waals surface area contributed by atoms with Gasteiger partial charge in [-0.15, -0.1) is 0 Å². The Morgan fingerprint density at radius 1 is 1.02 bits per heavy atom. The van der Waals surface area contributed by atoms with E-state index in [-0.39, 0.29) is 30.7 Å². The number of halogens is 6. The van der Waals surface area contributed by atoms with Crippen LogP contribution in [0, 0.1) is 5.82 Å². The summed E-state index contributed by atoms with van der Waals surface area (Å²) in [6, 6.07) is 18.3. The number of anilines is 1. The van der Waals surface area contributed by atoms with Crippen LogP contribution in [-0.2, 0) is 36.6 Å². The van der Waals surface area contributed by atoms with Gasteiger partial charge in [-0.2, -0.15) is 13.2 Å². The second kappa shape index (κ2) is 18.5. The quantitative estimate of drug-likeness (QED) is 0.158. The van der Waals surface area contributed by atoms with Crippen LogP contribution < -0.4 is 21.3 Å². The van der Waals surface area contributed by atoms with E-state index in [2.05, 4.69) is 15.5 Å². The molecule has 1 spiro atoms. The van der Waals surface area contributed by atoms with Crippen molar-refractivity contribution in [2.45, 2.75) is 62.3 Å². The summed E-state index contributed by atoms with van der Waals surface area (Å²) in [7, 11) is 1.62. The second-order valence-corrected chi connectivity index (χ2v) is 14.4. The standard InChI is InChI=1S/C36H42Cl2FN5O4.C2HF3O2/c1-35(25-9-11-28(37)29(38)22-25,33(46)42-30(32(45)41-17-16-40)21-24-7-4-3-5-8-24)13-6-18-44-19-14-36(15-20-44)27-23-26(39)10-12-31(27)43(2)34(47)48-36;3-2(4,5)1(6)7/h3-5,7-12,22-23,30H,6,13-21,40H2,1-2H3,(H,41,45)(H,42,46);(H,6,7)/t30-,35-;/m1./s1. The van der Waals surface area contributed by atoms with Crippen molar-refractivity contribution in [2.24, 2.45) is 5.73 Å². The highest BCUT2D eigenvalue weighted by molar-refractivity contribution is 6.42. The minimum Gasteiger partial charge on any atom is -0.475 e. The number of rotatable bonds is 12. The summed E-state index contributed by atoms with van der Waals surface area (Å²) in [6.45, 7) is 4.35. The minimum absolute atomic E-state index is 0.277. The van der Waals surface area contributed by atoms with E-state index < -0.39 is 35.3 Å². The number of aliphatic carboxylic acids is 1. The Morgan fingerprint density at radius 3 is 2.27 bits per heavy atom. The SMILES string of the molecule is CN1C(=O)OC2(CCN(CCC[C@@](C)(C(=O)N[C@H](Cc3ccccc3)C(=O)NCCN)c3ccc(Cl)c(Cl)c3)CC2)c2cc(F)ccc21.O=C(O)C(F)(F)F. The first kappa shape index (κ1) is 43.3. The van der Waals surface area contributed by atoms with E-state index in [4.69, 9.17) is 43.6 Å². The highest BCUT2D eigenvalue weighted by Gasteiger charge is 2.46. The topological polar surface area (TPSA) is 154 Å². The number of nitrogens with two attached hydrogens (primary N) is 1. The van der Waals surface area contributed by atoms with E-state index in [0.29, 0.717) is 78.6 Å². The minimum atomic E-state index is -5.08. The average Bonchev–Trinajstić information content (AvgIpc) is 3.14. The molecule has 0 radical (unpaired) electrons. The summed E-state index contributed by atoms with van der Waals surface area (Å²) in [5.41, 5.74) is 6.64. The first-order valence-corrected chi connectivity index (χ1v) is 18.2. The zero-order chi connectivity index (χ0) is 40.6. The van der Waals surface area contributed by atoms with Crippen molar-refractivity contribution in [3.8, 4) is 0 Å². The fraction of sp³-hybridized carbons (Fsp3) is 0.421. The maximum Gasteiger partial charge on any atom is 0.490 e. The zero-order valence-electron chi connectivity index (χ0n) is 30.2. The van der Waals surface area contributed by atoms with Crippen molar-refractivity contribution in [3.63, 3.8) is 0 Å². The van der Waals surface area contributed by atoms with Gasteiger partial charge in [0.1, 0.15) is 17.5 Å². The molecule has 0 aromatic heterocycles. The molecule has 2 atom stereocenters. The lowest BCUT2D eigenvalue weighted by Crippen LogP contribution is -2.54. The summed E-state index contributed by atoms with van der Waals surface area (Å²) in [5, 5.41) is 13.7. The Kier molecular flexibility index (Phi) is 14.5. The molecule has 55 heavy (non-hydrogen) atoms. The Balaban J connectivity index is 0.000000876. The maximum atomic E-state index is 14.3. The summed E-state index contributed by atoms with van der Waals surface area (Å²) in [4.78, 5) is 52.7. The number of alkyl halides is 3. The smallest absolute Gasteiger partial charge is 0.475 e. The highest BCUT2D eigenvalue weighted by Crippen LogP contribution is 2.45. The molecule has 0 bridgehead atoms. The van der Waals surface area contributed by atoms with Gasteiger partial charge in [0.2, 0.25) is 11.8 Å². The Morgan fingerprint density at radius 2 is 1.67 bits per heavy atom. The maximum absolute atomic E-state index is 14.3. The number of carboxylic acids is 1. The number of hydrogen-bond donors (Lipinski definition) is 4. The molecule has 11 nitrogen and oxygen atoms in total. The van der Waals surface area contributed by atoms with Gasteiger partial charge in [0.15, 0.2) is 0 Å². The van der Waals surface area contributed by atoms with Gasteiger partial charge >= 0.3 is 18.2 Å². The fourth-order valence-electron chi connectivity index (χ4n) is 6.64. The number of hydrogen-bond acceptors (Lipinski definition) is 7. The van der Waals surface area contributed by atoms with Crippen LogP contribution in [0.1, 0.15) is 49.3 Å². The molecule has 1 saturated heterocycles. The van der Waals surface area contributed by atoms with Gasteiger partial charge in [-0.25, -0.2) is 14.0 Å². The van der Waals surface area contributed by atoms with Crippen LogP contribution in [0.5, 0.6) is 0 Å². The number of carbonyl (C=O) groups excluding carboxylic acids is 3. The number of benzene rings is 3. The van der Waals surface area contributed by atoms with Gasteiger partial charge in [0, 0.05) is 58.1 Å². The number of carboxylic acid groups (broad SMARTS) is 1. The van der Waals surface area contributed by atoms with Crippen LogP contribution >= 0.6 is 23.2 Å². The lowest BCUT2D eigenvalue weighted by Gasteiger charge is -2.46. The molecule has 2 aliphatic rings. The number of nitrogens with one attached hydrogen (secondary N) is 2.